The molecule has 0 heterocycles. The fourth-order valence-electron chi connectivity index (χ4n) is 9.68. The van der Waals surface area contributed by atoms with Crippen molar-refractivity contribution in [2.24, 2.45) is 0 Å². The maximum Gasteiger partial charge on any atom is 0.306 e. The topological polar surface area (TPSA) is 78.9 Å². The van der Waals surface area contributed by atoms with Gasteiger partial charge in [0.2, 0.25) is 0 Å². The second kappa shape index (κ2) is 67.8. The molecule has 0 radical (unpaired) electrons. The number of hydrogen-bond donors (Lipinski definition) is 0. The maximum absolute atomic E-state index is 12.9. The molecule has 0 bridgehead atoms. The van der Waals surface area contributed by atoms with Crippen LogP contribution in [0.3, 0.4) is 0 Å². The van der Waals surface area contributed by atoms with Crippen LogP contribution in [0.4, 0.5) is 0 Å². The van der Waals surface area contributed by atoms with Crippen LogP contribution in [0, 0.1) is 0 Å². The van der Waals surface area contributed by atoms with Gasteiger partial charge in [-0.3, -0.25) is 14.4 Å². The van der Waals surface area contributed by atoms with Crippen LogP contribution in [-0.4, -0.2) is 37.2 Å². The minimum absolute atomic E-state index is 0.0954. The predicted octanol–water partition coefficient (Wildman–Crippen LogP) is 23.6. The molecule has 0 aromatic rings. The molecule has 0 spiro atoms. The van der Waals surface area contributed by atoms with Crippen molar-refractivity contribution in [3.63, 3.8) is 0 Å². The molecule has 1 unspecified atom stereocenters. The standard InChI is InChI=1S/C74H128O6/c1-4-7-10-13-16-19-22-25-28-31-33-34-35-36-37-38-39-40-41-44-46-49-52-55-58-61-64-67-73(76)79-70-71(69-78-72(75)66-63-60-57-54-51-48-45-42-30-27-24-21-18-15-12-9-6-3)80-74(77)68-65-62-59-56-53-50-47-43-32-29-26-23-20-17-14-11-8-5-2/h9,12,18,21-22,25,27,29-33,45,48,54,57,71H,4-8,10-11,13-17,19-20,23-24,26,28,34-44,46-47,49-53,55-56,58-70H2,1-3H3/b12-9-,21-18-,25-22-,30-27-,32-29-,33-31-,48-45-,57-54-. The van der Waals surface area contributed by atoms with E-state index in [0.29, 0.717) is 19.3 Å². The molecule has 0 fully saturated rings. The monoisotopic (exact) mass is 1110 g/mol. The minimum atomic E-state index is -0.805. The lowest BCUT2D eigenvalue weighted by Gasteiger charge is -2.18. The fourth-order valence-corrected chi connectivity index (χ4v) is 9.68. The molecule has 6 heteroatoms. The van der Waals surface area contributed by atoms with Crippen molar-refractivity contribution >= 4 is 17.9 Å². The third kappa shape index (κ3) is 65.1. The lowest BCUT2D eigenvalue weighted by atomic mass is 10.0. The molecule has 0 saturated carbocycles. The summed E-state index contributed by atoms with van der Waals surface area (Å²) in [6.45, 7) is 6.50. The van der Waals surface area contributed by atoms with Crippen LogP contribution in [0.1, 0.15) is 335 Å². The number of carbonyl (C=O) groups is 3. The number of ether oxygens (including phenoxy) is 3. The van der Waals surface area contributed by atoms with E-state index >= 15 is 0 Å². The van der Waals surface area contributed by atoms with Gasteiger partial charge in [0, 0.05) is 19.3 Å². The number of esters is 3. The van der Waals surface area contributed by atoms with Gasteiger partial charge < -0.3 is 14.2 Å². The van der Waals surface area contributed by atoms with Crippen LogP contribution < -0.4 is 0 Å². The van der Waals surface area contributed by atoms with E-state index in [9.17, 15) is 14.4 Å². The van der Waals surface area contributed by atoms with Crippen LogP contribution >= 0.6 is 0 Å². The van der Waals surface area contributed by atoms with E-state index in [1.165, 1.54) is 205 Å². The van der Waals surface area contributed by atoms with E-state index < -0.39 is 6.10 Å². The van der Waals surface area contributed by atoms with Crippen molar-refractivity contribution in [2.45, 2.75) is 341 Å². The van der Waals surface area contributed by atoms with Crippen LogP contribution in [0.5, 0.6) is 0 Å². The van der Waals surface area contributed by atoms with Gasteiger partial charge in [-0.05, 0) is 116 Å². The molecule has 0 aliphatic rings. The lowest BCUT2D eigenvalue weighted by Crippen LogP contribution is -2.30. The third-order valence-electron chi connectivity index (χ3n) is 14.8. The Hall–Kier alpha value is -3.67. The number of carbonyl (C=O) groups excluding carboxylic acids is 3. The van der Waals surface area contributed by atoms with Crippen molar-refractivity contribution in [3.05, 3.63) is 97.2 Å². The van der Waals surface area contributed by atoms with Crippen LogP contribution in [-0.2, 0) is 28.6 Å². The molecule has 0 aromatic carbocycles. The lowest BCUT2D eigenvalue weighted by molar-refractivity contribution is -0.167. The van der Waals surface area contributed by atoms with Gasteiger partial charge in [-0.1, -0.05) is 298 Å². The summed E-state index contributed by atoms with van der Waals surface area (Å²) in [5, 5.41) is 0. The largest absolute Gasteiger partial charge is 0.462 e. The molecule has 0 N–H and O–H groups in total. The second-order valence-corrected chi connectivity index (χ2v) is 22.7. The van der Waals surface area contributed by atoms with Gasteiger partial charge in [0.25, 0.3) is 0 Å². The maximum atomic E-state index is 12.9. The van der Waals surface area contributed by atoms with Crippen LogP contribution in [0.25, 0.3) is 0 Å². The predicted molar refractivity (Wildman–Crippen MR) is 348 cm³/mol. The first-order chi connectivity index (χ1) is 39.5. The van der Waals surface area contributed by atoms with Crippen molar-refractivity contribution in [3.8, 4) is 0 Å². The molecular weight excluding hydrogens is 985 g/mol. The molecule has 0 aliphatic carbocycles. The van der Waals surface area contributed by atoms with Gasteiger partial charge in [-0.25, -0.2) is 0 Å². The van der Waals surface area contributed by atoms with E-state index in [2.05, 4.69) is 118 Å². The second-order valence-electron chi connectivity index (χ2n) is 22.7. The molecule has 6 nitrogen and oxygen atoms in total. The van der Waals surface area contributed by atoms with E-state index in [4.69, 9.17) is 14.2 Å². The highest BCUT2D eigenvalue weighted by Gasteiger charge is 2.19. The average molecular weight is 1110 g/mol. The third-order valence-corrected chi connectivity index (χ3v) is 14.8. The Bertz CT molecular complexity index is 1560. The van der Waals surface area contributed by atoms with E-state index in [-0.39, 0.29) is 37.5 Å². The van der Waals surface area contributed by atoms with E-state index in [1.54, 1.807) is 0 Å². The normalized spacial score (nSPS) is 12.7. The van der Waals surface area contributed by atoms with Gasteiger partial charge in [0.1, 0.15) is 13.2 Å². The highest BCUT2D eigenvalue weighted by atomic mass is 16.6. The van der Waals surface area contributed by atoms with Crippen LogP contribution in [0.15, 0.2) is 97.2 Å². The number of unbranched alkanes of at least 4 members (excludes halogenated alkanes) is 35. The van der Waals surface area contributed by atoms with Gasteiger partial charge in [-0.15, -0.1) is 0 Å². The van der Waals surface area contributed by atoms with Crippen LogP contribution in [0.2, 0.25) is 0 Å². The zero-order valence-electron chi connectivity index (χ0n) is 52.8. The summed E-state index contributed by atoms with van der Waals surface area (Å²) in [6.07, 6.45) is 91.5. The quantitative estimate of drug-likeness (QED) is 0.0261. The first-order valence-electron chi connectivity index (χ1n) is 34.2. The van der Waals surface area contributed by atoms with Gasteiger partial charge in [0.05, 0.1) is 0 Å². The fraction of sp³-hybridized carbons (Fsp3) is 0.743. The van der Waals surface area contributed by atoms with Crippen molar-refractivity contribution in [1.29, 1.82) is 0 Å². The zero-order chi connectivity index (χ0) is 57.8. The highest BCUT2D eigenvalue weighted by Crippen LogP contribution is 2.17. The minimum Gasteiger partial charge on any atom is -0.462 e. The summed E-state index contributed by atoms with van der Waals surface area (Å²) in [6, 6.07) is 0. The molecular formula is C74H128O6. The molecule has 0 aliphatic heterocycles. The number of hydrogen-bond acceptors (Lipinski definition) is 6. The number of allylic oxidation sites excluding steroid dienone is 16. The summed E-state index contributed by atoms with van der Waals surface area (Å²) in [4.78, 5) is 38.4. The van der Waals surface area contributed by atoms with Gasteiger partial charge >= 0.3 is 17.9 Å². The molecule has 1 atom stereocenters. The molecule has 0 aromatic heterocycles. The number of rotatable bonds is 62. The zero-order valence-corrected chi connectivity index (χ0v) is 52.8. The summed E-state index contributed by atoms with van der Waals surface area (Å²) >= 11 is 0. The first-order valence-corrected chi connectivity index (χ1v) is 34.2. The Balaban J connectivity index is 4.36. The van der Waals surface area contributed by atoms with Crippen molar-refractivity contribution < 1.29 is 28.6 Å². The Morgan fingerprint density at radius 2 is 0.500 bits per heavy atom. The molecule has 0 amide bonds. The summed E-state index contributed by atoms with van der Waals surface area (Å²) in [5.74, 6) is -0.948. The van der Waals surface area contributed by atoms with E-state index in [0.717, 1.165) is 83.5 Å². The Labute approximate surface area is 496 Å². The van der Waals surface area contributed by atoms with Gasteiger partial charge in [-0.2, -0.15) is 0 Å². The SMILES string of the molecule is CC/C=C\C/C=C\C/C=C\C/C=C\C/C=C\CCCC(=O)OCC(COC(=O)CCCCCCCCCCCCCCCCC/C=C\C/C=C\CCCCCCC)OC(=O)CCCCCCCCC/C=C\CCCCCCCCC. The smallest absolute Gasteiger partial charge is 0.306 e. The Morgan fingerprint density at radius 1 is 0.263 bits per heavy atom. The summed E-state index contributed by atoms with van der Waals surface area (Å²) < 4.78 is 16.9. The molecule has 80 heavy (non-hydrogen) atoms. The van der Waals surface area contributed by atoms with Gasteiger partial charge in [0.15, 0.2) is 6.10 Å². The Kier molecular flexibility index (Phi) is 64.7. The summed E-state index contributed by atoms with van der Waals surface area (Å²) in [7, 11) is 0. The van der Waals surface area contributed by atoms with E-state index in [1.807, 2.05) is 0 Å². The highest BCUT2D eigenvalue weighted by molar-refractivity contribution is 5.71. The van der Waals surface area contributed by atoms with Crippen molar-refractivity contribution in [1.82, 2.24) is 0 Å². The molecule has 0 rings (SSSR count). The summed E-state index contributed by atoms with van der Waals surface area (Å²) in [5.41, 5.74) is 0. The molecule has 0 saturated heterocycles. The van der Waals surface area contributed by atoms with Crippen molar-refractivity contribution in [2.75, 3.05) is 13.2 Å². The Morgan fingerprint density at radius 3 is 0.825 bits per heavy atom. The average Bonchev–Trinajstić information content (AvgIpc) is 3.46. The molecule has 460 valence electrons. The first kappa shape index (κ1) is 76.3.